The van der Waals surface area contributed by atoms with E-state index < -0.39 is 6.04 Å². The number of rotatable bonds is 9. The molecule has 10 heteroatoms. The number of thiophene rings is 1. The van der Waals surface area contributed by atoms with Crippen molar-refractivity contribution in [2.45, 2.75) is 33.7 Å². The van der Waals surface area contributed by atoms with Gasteiger partial charge in [-0.3, -0.25) is 19.3 Å². The second-order valence-electron chi connectivity index (χ2n) is 9.59. The van der Waals surface area contributed by atoms with Gasteiger partial charge in [0.1, 0.15) is 12.6 Å². The lowest BCUT2D eigenvalue weighted by Crippen LogP contribution is -2.52. The summed E-state index contributed by atoms with van der Waals surface area (Å²) in [5.74, 6) is -0.557. The van der Waals surface area contributed by atoms with Crippen LogP contribution < -0.4 is 15.5 Å². The molecule has 2 heterocycles. The number of anilines is 2. The molecule has 35 heavy (non-hydrogen) atoms. The largest absolute Gasteiger partial charge is 0.370 e. The number of carbonyl (C=O) groups excluding carboxylic acids is 3. The highest BCUT2D eigenvalue weighted by atomic mass is 35.5. The van der Waals surface area contributed by atoms with Crippen molar-refractivity contribution >= 4 is 52.0 Å². The third-order valence-corrected chi connectivity index (χ3v) is 6.74. The van der Waals surface area contributed by atoms with Crippen LogP contribution in [-0.2, 0) is 14.3 Å². The van der Waals surface area contributed by atoms with Crippen LogP contribution in [-0.4, -0.2) is 68.1 Å². The molecule has 3 rings (SSSR count). The summed E-state index contributed by atoms with van der Waals surface area (Å²) in [6.07, 6.45) is 0. The van der Waals surface area contributed by atoms with Gasteiger partial charge in [0.15, 0.2) is 0 Å². The van der Waals surface area contributed by atoms with Crippen LogP contribution in [0.5, 0.6) is 0 Å². The molecule has 190 valence electrons. The summed E-state index contributed by atoms with van der Waals surface area (Å²) in [7, 11) is 0. The lowest BCUT2D eigenvalue weighted by molar-refractivity contribution is -0.125. The first-order valence-corrected chi connectivity index (χ1v) is 12.8. The molecule has 0 unspecified atom stereocenters. The molecule has 1 atom stereocenters. The summed E-state index contributed by atoms with van der Waals surface area (Å²) in [4.78, 5) is 42.3. The number of ether oxygens (including phenoxy) is 1. The fourth-order valence-electron chi connectivity index (χ4n) is 3.89. The smallest absolute Gasteiger partial charge is 0.261 e. The molecule has 1 aliphatic rings. The van der Waals surface area contributed by atoms with Crippen molar-refractivity contribution in [2.24, 2.45) is 5.41 Å². The zero-order valence-corrected chi connectivity index (χ0v) is 22.2. The van der Waals surface area contributed by atoms with Gasteiger partial charge in [0, 0.05) is 31.0 Å². The second kappa shape index (κ2) is 12.0. The average Bonchev–Trinajstić information content (AvgIpc) is 3.25. The second-order valence-corrected chi connectivity index (χ2v) is 11.3. The van der Waals surface area contributed by atoms with E-state index in [9.17, 15) is 14.4 Å². The zero-order chi connectivity index (χ0) is 25.6. The average molecular weight is 521 g/mol. The maximum atomic E-state index is 13.4. The number of halogens is 1. The molecule has 1 aliphatic heterocycles. The first-order chi connectivity index (χ1) is 16.6. The Labute approximate surface area is 215 Å². The number of likely N-dealkylation sites (N-methyl/N-ethyl adjacent to an activating group) is 1. The van der Waals surface area contributed by atoms with E-state index in [0.717, 1.165) is 5.69 Å². The van der Waals surface area contributed by atoms with Crippen LogP contribution in [0.2, 0.25) is 4.34 Å². The Balaban J connectivity index is 1.72. The van der Waals surface area contributed by atoms with Crippen LogP contribution >= 0.6 is 22.9 Å². The van der Waals surface area contributed by atoms with Crippen LogP contribution in [0.15, 0.2) is 36.4 Å². The number of amides is 3. The standard InChI is InChI=1S/C25H33ClN4O4S/c1-5-29(16-25(2,3)4)19(14-27-24(33)20-10-11-21(26)35-20)23(32)28-17-6-8-18(9-7-17)30-12-13-34-15-22(30)31/h6-11,19H,5,12-16H2,1-4H3,(H,27,33)(H,28,32)/t19-/m1/s1. The van der Waals surface area contributed by atoms with Gasteiger partial charge in [-0.25, -0.2) is 0 Å². The van der Waals surface area contributed by atoms with Gasteiger partial charge in [-0.1, -0.05) is 39.3 Å². The summed E-state index contributed by atoms with van der Waals surface area (Å²) in [5.41, 5.74) is 1.34. The monoisotopic (exact) mass is 520 g/mol. The topological polar surface area (TPSA) is 91.0 Å². The molecule has 0 spiro atoms. The molecule has 1 fully saturated rings. The van der Waals surface area contributed by atoms with Crippen LogP contribution in [0, 0.1) is 5.41 Å². The van der Waals surface area contributed by atoms with E-state index in [0.29, 0.717) is 41.1 Å². The number of carbonyl (C=O) groups is 3. The van der Waals surface area contributed by atoms with Crippen LogP contribution in [0.4, 0.5) is 11.4 Å². The fraction of sp³-hybridized carbons (Fsp3) is 0.480. The maximum Gasteiger partial charge on any atom is 0.261 e. The molecular formula is C25H33ClN4O4S. The Morgan fingerprint density at radius 3 is 2.49 bits per heavy atom. The highest BCUT2D eigenvalue weighted by molar-refractivity contribution is 7.18. The Morgan fingerprint density at radius 2 is 1.91 bits per heavy atom. The summed E-state index contributed by atoms with van der Waals surface area (Å²) < 4.78 is 5.72. The summed E-state index contributed by atoms with van der Waals surface area (Å²) in [6, 6.07) is 9.95. The van der Waals surface area contributed by atoms with E-state index >= 15 is 0 Å². The fourth-order valence-corrected chi connectivity index (χ4v) is 4.85. The third kappa shape index (κ3) is 7.76. The minimum absolute atomic E-state index is 0.0355. The molecule has 2 N–H and O–H groups in total. The number of nitrogens with zero attached hydrogens (tertiary/aromatic N) is 2. The van der Waals surface area contributed by atoms with Crippen LogP contribution in [0.3, 0.4) is 0 Å². The molecule has 0 aliphatic carbocycles. The SMILES string of the molecule is CCN(CC(C)(C)C)[C@H](CNC(=O)c1ccc(Cl)s1)C(=O)Nc1ccc(N2CCOCC2=O)cc1. The normalized spacial score (nSPS) is 15.3. The molecule has 3 amide bonds. The van der Waals surface area contributed by atoms with E-state index in [1.165, 1.54) is 11.3 Å². The third-order valence-electron chi connectivity index (χ3n) is 5.51. The Morgan fingerprint density at radius 1 is 1.20 bits per heavy atom. The van der Waals surface area contributed by atoms with Crippen molar-refractivity contribution in [3.8, 4) is 0 Å². The number of benzene rings is 1. The van der Waals surface area contributed by atoms with E-state index in [-0.39, 0.29) is 36.3 Å². The predicted molar refractivity (Wildman–Crippen MR) is 140 cm³/mol. The van der Waals surface area contributed by atoms with Crippen LogP contribution in [0.1, 0.15) is 37.4 Å². The van der Waals surface area contributed by atoms with E-state index in [1.807, 2.05) is 19.1 Å². The van der Waals surface area contributed by atoms with Crippen molar-refractivity contribution in [1.82, 2.24) is 10.2 Å². The highest BCUT2D eigenvalue weighted by Crippen LogP contribution is 2.23. The summed E-state index contributed by atoms with van der Waals surface area (Å²) >= 11 is 7.16. The van der Waals surface area contributed by atoms with Crippen LogP contribution in [0.25, 0.3) is 0 Å². The van der Waals surface area contributed by atoms with Crippen molar-refractivity contribution in [3.05, 3.63) is 45.6 Å². The molecule has 1 aromatic carbocycles. The lowest BCUT2D eigenvalue weighted by atomic mass is 9.95. The van der Waals surface area contributed by atoms with Gasteiger partial charge in [0.05, 0.1) is 15.8 Å². The van der Waals surface area contributed by atoms with Gasteiger partial charge in [-0.15, -0.1) is 11.3 Å². The number of hydrogen-bond donors (Lipinski definition) is 2. The van der Waals surface area contributed by atoms with Crippen molar-refractivity contribution < 1.29 is 19.1 Å². The Bertz CT molecular complexity index is 1030. The van der Waals surface area contributed by atoms with Gasteiger partial charge in [0.25, 0.3) is 11.8 Å². The first kappa shape index (κ1) is 27.1. The molecule has 8 nitrogen and oxygen atoms in total. The van der Waals surface area contributed by atoms with Gasteiger partial charge in [-0.05, 0) is 48.4 Å². The molecule has 1 aromatic heterocycles. The maximum absolute atomic E-state index is 13.4. The van der Waals surface area contributed by atoms with Gasteiger partial charge >= 0.3 is 0 Å². The van der Waals surface area contributed by atoms with Crippen molar-refractivity contribution in [3.63, 3.8) is 0 Å². The predicted octanol–water partition coefficient (Wildman–Crippen LogP) is 3.87. The van der Waals surface area contributed by atoms with E-state index in [4.69, 9.17) is 16.3 Å². The molecule has 0 bridgehead atoms. The molecule has 0 radical (unpaired) electrons. The van der Waals surface area contributed by atoms with E-state index in [2.05, 4.69) is 36.3 Å². The quantitative estimate of drug-likeness (QED) is 0.524. The highest BCUT2D eigenvalue weighted by Gasteiger charge is 2.29. The number of morpholine rings is 1. The first-order valence-electron chi connectivity index (χ1n) is 11.6. The van der Waals surface area contributed by atoms with Crippen molar-refractivity contribution in [1.29, 1.82) is 0 Å². The number of hydrogen-bond acceptors (Lipinski definition) is 6. The Hall–Kier alpha value is -2.46. The molecule has 0 saturated carbocycles. The molecular weight excluding hydrogens is 488 g/mol. The molecule has 2 aromatic rings. The van der Waals surface area contributed by atoms with Gasteiger partial charge in [-0.2, -0.15) is 0 Å². The van der Waals surface area contributed by atoms with E-state index in [1.54, 1.807) is 29.2 Å². The minimum Gasteiger partial charge on any atom is -0.370 e. The summed E-state index contributed by atoms with van der Waals surface area (Å²) in [6.45, 7) is 10.9. The van der Waals surface area contributed by atoms with Crippen molar-refractivity contribution in [2.75, 3.05) is 49.6 Å². The molecule has 1 saturated heterocycles. The number of nitrogens with one attached hydrogen (secondary N) is 2. The lowest BCUT2D eigenvalue weighted by Gasteiger charge is -2.35. The van der Waals surface area contributed by atoms with Gasteiger partial charge in [0.2, 0.25) is 5.91 Å². The summed E-state index contributed by atoms with van der Waals surface area (Å²) in [5, 5.41) is 5.86. The van der Waals surface area contributed by atoms with Gasteiger partial charge < -0.3 is 20.3 Å². The minimum atomic E-state index is -0.570. The zero-order valence-electron chi connectivity index (χ0n) is 20.6. The Kier molecular flexibility index (Phi) is 9.29.